The lowest BCUT2D eigenvalue weighted by molar-refractivity contribution is -0.122. The fourth-order valence-electron chi connectivity index (χ4n) is 1.80. The van der Waals surface area contributed by atoms with E-state index >= 15 is 0 Å². The molecule has 18 heavy (non-hydrogen) atoms. The van der Waals surface area contributed by atoms with Crippen molar-refractivity contribution in [3.8, 4) is 0 Å². The molecule has 1 aromatic rings. The Kier molecular flexibility index (Phi) is 5.86. The van der Waals surface area contributed by atoms with Crippen molar-refractivity contribution in [2.75, 3.05) is 6.54 Å². The quantitative estimate of drug-likeness (QED) is 0.812. The average molecular weight is 248 g/mol. The zero-order valence-corrected chi connectivity index (χ0v) is 11.8. The molecule has 0 aliphatic heterocycles. The van der Waals surface area contributed by atoms with E-state index in [0.29, 0.717) is 0 Å². The summed E-state index contributed by atoms with van der Waals surface area (Å²) < 4.78 is 0. The van der Waals surface area contributed by atoms with Gasteiger partial charge in [0.15, 0.2) is 0 Å². The lowest BCUT2D eigenvalue weighted by atomic mass is 10.1. The van der Waals surface area contributed by atoms with Crippen LogP contribution in [-0.2, 0) is 4.79 Å². The lowest BCUT2D eigenvalue weighted by Crippen LogP contribution is -2.43. The van der Waals surface area contributed by atoms with Crippen LogP contribution >= 0.6 is 0 Å². The fourth-order valence-corrected chi connectivity index (χ4v) is 1.80. The number of rotatable bonds is 6. The maximum atomic E-state index is 11.7. The summed E-state index contributed by atoms with van der Waals surface area (Å²) in [5.41, 5.74) is 2.45. The van der Waals surface area contributed by atoms with E-state index in [9.17, 15) is 4.79 Å². The highest BCUT2D eigenvalue weighted by atomic mass is 16.2. The summed E-state index contributed by atoms with van der Waals surface area (Å²) in [6.07, 6.45) is 0.964. The topological polar surface area (TPSA) is 41.1 Å². The van der Waals surface area contributed by atoms with E-state index in [4.69, 9.17) is 0 Å². The van der Waals surface area contributed by atoms with E-state index in [-0.39, 0.29) is 18.0 Å². The van der Waals surface area contributed by atoms with Gasteiger partial charge in [0.2, 0.25) is 5.91 Å². The number of aryl methyl sites for hydroxylation is 1. The van der Waals surface area contributed by atoms with E-state index in [0.717, 1.165) is 13.0 Å². The van der Waals surface area contributed by atoms with Crippen molar-refractivity contribution in [3.05, 3.63) is 35.4 Å². The Balaban J connectivity index is 2.50. The van der Waals surface area contributed by atoms with Crippen molar-refractivity contribution >= 4 is 5.91 Å². The van der Waals surface area contributed by atoms with Gasteiger partial charge in [-0.1, -0.05) is 36.8 Å². The summed E-state index contributed by atoms with van der Waals surface area (Å²) in [4.78, 5) is 11.7. The van der Waals surface area contributed by atoms with Crippen LogP contribution in [-0.4, -0.2) is 18.5 Å². The Bertz CT molecular complexity index is 373. The van der Waals surface area contributed by atoms with Crippen molar-refractivity contribution in [1.82, 2.24) is 10.6 Å². The first kappa shape index (κ1) is 14.7. The van der Waals surface area contributed by atoms with E-state index in [1.54, 1.807) is 0 Å². The smallest absolute Gasteiger partial charge is 0.236 e. The SMILES string of the molecule is CCCNC(=O)C(C)N[C@@H](C)c1ccc(C)cc1. The monoisotopic (exact) mass is 248 g/mol. The van der Waals surface area contributed by atoms with Gasteiger partial charge in [0.05, 0.1) is 6.04 Å². The molecule has 2 N–H and O–H groups in total. The van der Waals surface area contributed by atoms with Crippen LogP contribution in [0.4, 0.5) is 0 Å². The summed E-state index contributed by atoms with van der Waals surface area (Å²) in [6.45, 7) is 8.84. The second-order valence-electron chi connectivity index (χ2n) is 4.81. The Hall–Kier alpha value is -1.35. The zero-order valence-electron chi connectivity index (χ0n) is 11.8. The number of hydrogen-bond acceptors (Lipinski definition) is 2. The third-order valence-corrected chi connectivity index (χ3v) is 3.02. The molecular weight excluding hydrogens is 224 g/mol. The predicted octanol–water partition coefficient (Wildman–Crippen LogP) is 2.56. The van der Waals surface area contributed by atoms with Gasteiger partial charge in [-0.3, -0.25) is 10.1 Å². The first-order valence-corrected chi connectivity index (χ1v) is 6.65. The van der Waals surface area contributed by atoms with E-state index in [2.05, 4.69) is 48.7 Å². The van der Waals surface area contributed by atoms with Crippen LogP contribution in [0.1, 0.15) is 44.4 Å². The number of carbonyl (C=O) groups excluding carboxylic acids is 1. The van der Waals surface area contributed by atoms with E-state index < -0.39 is 0 Å². The Morgan fingerprint density at radius 3 is 2.39 bits per heavy atom. The highest BCUT2D eigenvalue weighted by molar-refractivity contribution is 5.81. The molecule has 3 heteroatoms. The van der Waals surface area contributed by atoms with Crippen LogP contribution in [0.15, 0.2) is 24.3 Å². The standard InChI is InChI=1S/C15H24N2O/c1-5-10-16-15(18)13(4)17-12(3)14-8-6-11(2)7-9-14/h6-9,12-13,17H,5,10H2,1-4H3,(H,16,18)/t12-,13?/m0/s1. The average Bonchev–Trinajstić information content (AvgIpc) is 2.36. The highest BCUT2D eigenvalue weighted by Gasteiger charge is 2.15. The van der Waals surface area contributed by atoms with Crippen molar-refractivity contribution < 1.29 is 4.79 Å². The molecule has 100 valence electrons. The molecule has 1 aromatic carbocycles. The second-order valence-corrected chi connectivity index (χ2v) is 4.81. The first-order valence-electron chi connectivity index (χ1n) is 6.65. The van der Waals surface area contributed by atoms with Gasteiger partial charge in [0, 0.05) is 12.6 Å². The molecule has 0 spiro atoms. The predicted molar refractivity (Wildman–Crippen MR) is 75.5 cm³/mol. The summed E-state index contributed by atoms with van der Waals surface area (Å²) in [5, 5.41) is 6.21. The largest absolute Gasteiger partial charge is 0.355 e. The Morgan fingerprint density at radius 1 is 1.22 bits per heavy atom. The number of amides is 1. The summed E-state index contributed by atoms with van der Waals surface area (Å²) >= 11 is 0. The molecule has 0 aliphatic rings. The van der Waals surface area contributed by atoms with Crippen molar-refractivity contribution in [2.45, 2.75) is 46.2 Å². The second kappa shape index (κ2) is 7.17. The molecule has 0 radical (unpaired) electrons. The van der Waals surface area contributed by atoms with Crippen LogP contribution in [0.5, 0.6) is 0 Å². The van der Waals surface area contributed by atoms with Gasteiger partial charge in [-0.25, -0.2) is 0 Å². The van der Waals surface area contributed by atoms with E-state index in [1.165, 1.54) is 11.1 Å². The molecule has 3 nitrogen and oxygen atoms in total. The maximum Gasteiger partial charge on any atom is 0.236 e. The molecule has 0 aliphatic carbocycles. The van der Waals surface area contributed by atoms with Crippen LogP contribution in [0.3, 0.4) is 0 Å². The van der Waals surface area contributed by atoms with Crippen LogP contribution < -0.4 is 10.6 Å². The van der Waals surface area contributed by atoms with Gasteiger partial charge < -0.3 is 5.32 Å². The number of carbonyl (C=O) groups is 1. The molecule has 1 amide bonds. The van der Waals surface area contributed by atoms with Crippen molar-refractivity contribution in [3.63, 3.8) is 0 Å². The molecule has 1 rings (SSSR count). The van der Waals surface area contributed by atoms with Crippen LogP contribution in [0, 0.1) is 6.92 Å². The minimum absolute atomic E-state index is 0.0656. The minimum atomic E-state index is -0.173. The van der Waals surface area contributed by atoms with Gasteiger partial charge in [0.25, 0.3) is 0 Å². The number of nitrogens with one attached hydrogen (secondary N) is 2. The molecule has 0 saturated heterocycles. The fraction of sp³-hybridized carbons (Fsp3) is 0.533. The van der Waals surface area contributed by atoms with Crippen molar-refractivity contribution in [2.24, 2.45) is 0 Å². The third-order valence-electron chi connectivity index (χ3n) is 3.02. The first-order chi connectivity index (χ1) is 8.54. The highest BCUT2D eigenvalue weighted by Crippen LogP contribution is 2.13. The van der Waals surface area contributed by atoms with Gasteiger partial charge >= 0.3 is 0 Å². The normalized spacial score (nSPS) is 14.0. The molecule has 0 aromatic heterocycles. The molecule has 0 saturated carbocycles. The molecule has 1 unspecified atom stereocenters. The molecule has 0 heterocycles. The molecule has 0 bridgehead atoms. The summed E-state index contributed by atoms with van der Waals surface area (Å²) in [7, 11) is 0. The number of hydrogen-bond donors (Lipinski definition) is 2. The van der Waals surface area contributed by atoms with Crippen molar-refractivity contribution in [1.29, 1.82) is 0 Å². The van der Waals surface area contributed by atoms with Gasteiger partial charge in [-0.05, 0) is 32.8 Å². The minimum Gasteiger partial charge on any atom is -0.355 e. The van der Waals surface area contributed by atoms with Crippen LogP contribution in [0.2, 0.25) is 0 Å². The third kappa shape index (κ3) is 4.49. The lowest BCUT2D eigenvalue weighted by Gasteiger charge is -2.20. The van der Waals surface area contributed by atoms with Gasteiger partial charge in [-0.15, -0.1) is 0 Å². The van der Waals surface area contributed by atoms with E-state index in [1.807, 2.05) is 13.8 Å². The molecule has 2 atom stereocenters. The van der Waals surface area contributed by atoms with Gasteiger partial charge in [-0.2, -0.15) is 0 Å². The van der Waals surface area contributed by atoms with Crippen LogP contribution in [0.25, 0.3) is 0 Å². The molecular formula is C15H24N2O. The summed E-state index contributed by atoms with van der Waals surface area (Å²) in [5.74, 6) is 0.0656. The Labute approximate surface area is 110 Å². The summed E-state index contributed by atoms with van der Waals surface area (Å²) in [6, 6.07) is 8.39. The molecule has 0 fully saturated rings. The maximum absolute atomic E-state index is 11.7. The number of benzene rings is 1. The zero-order chi connectivity index (χ0) is 13.5. The van der Waals surface area contributed by atoms with Gasteiger partial charge in [0.1, 0.15) is 0 Å². The Morgan fingerprint density at radius 2 is 1.83 bits per heavy atom.